The number of benzene rings is 1. The average molecular weight is 288 g/mol. The molecule has 3 N–H and O–H groups in total. The Kier molecular flexibility index (Phi) is 7.02. The van der Waals surface area contributed by atoms with E-state index in [9.17, 15) is 13.2 Å². The molecule has 2 unspecified atom stereocenters. The van der Waals surface area contributed by atoms with Gasteiger partial charge in [-0.1, -0.05) is 45.6 Å². The highest BCUT2D eigenvalue weighted by Gasteiger charge is 2.22. The second kappa shape index (κ2) is 8.27. The van der Waals surface area contributed by atoms with Gasteiger partial charge < -0.3 is 0 Å². The van der Waals surface area contributed by atoms with Gasteiger partial charge in [0.25, 0.3) is 0 Å². The minimum absolute atomic E-state index is 0.0846. The molecule has 0 saturated carbocycles. The number of halogens is 3. The number of hydrogen-bond acceptors (Lipinski definition) is 2. The maximum Gasteiger partial charge on any atom is 0.194 e. The monoisotopic (exact) mass is 288 g/mol. The van der Waals surface area contributed by atoms with Crippen LogP contribution in [0.25, 0.3) is 0 Å². The minimum Gasteiger partial charge on any atom is -0.271 e. The Morgan fingerprint density at radius 2 is 1.85 bits per heavy atom. The summed E-state index contributed by atoms with van der Waals surface area (Å²) in [5, 5.41) is 0. The molecule has 1 aromatic rings. The molecule has 114 valence electrons. The lowest BCUT2D eigenvalue weighted by atomic mass is 9.89. The normalized spacial score (nSPS) is 14.3. The second-order valence-electron chi connectivity index (χ2n) is 5.14. The van der Waals surface area contributed by atoms with Gasteiger partial charge in [0, 0.05) is 11.6 Å². The van der Waals surface area contributed by atoms with E-state index in [0.717, 1.165) is 31.7 Å². The van der Waals surface area contributed by atoms with E-state index in [4.69, 9.17) is 5.84 Å². The number of unbranched alkanes of at least 4 members (excludes halogenated alkanes) is 1. The van der Waals surface area contributed by atoms with E-state index in [1.54, 1.807) is 0 Å². The SMILES string of the molecule is CCCCC(CC)CC(NN)c1ccc(F)c(F)c1F. The van der Waals surface area contributed by atoms with Gasteiger partial charge in [-0.15, -0.1) is 0 Å². The van der Waals surface area contributed by atoms with Crippen LogP contribution in [0.2, 0.25) is 0 Å². The molecule has 0 spiro atoms. The first-order valence-electron chi connectivity index (χ1n) is 7.14. The predicted octanol–water partition coefficient (Wildman–Crippen LogP) is 4.21. The van der Waals surface area contributed by atoms with E-state index in [-0.39, 0.29) is 5.56 Å². The molecule has 20 heavy (non-hydrogen) atoms. The van der Waals surface area contributed by atoms with Gasteiger partial charge in [-0.2, -0.15) is 0 Å². The average Bonchev–Trinajstić information content (AvgIpc) is 2.46. The first-order chi connectivity index (χ1) is 9.54. The highest BCUT2D eigenvalue weighted by molar-refractivity contribution is 5.23. The topological polar surface area (TPSA) is 38.0 Å². The third kappa shape index (κ3) is 4.21. The lowest BCUT2D eigenvalue weighted by Gasteiger charge is -2.23. The fraction of sp³-hybridized carbons (Fsp3) is 0.600. The summed E-state index contributed by atoms with van der Waals surface area (Å²) in [6.07, 6.45) is 4.77. The van der Waals surface area contributed by atoms with Gasteiger partial charge >= 0.3 is 0 Å². The maximum atomic E-state index is 13.8. The summed E-state index contributed by atoms with van der Waals surface area (Å²) in [6.45, 7) is 4.18. The van der Waals surface area contributed by atoms with Crippen LogP contribution in [0.5, 0.6) is 0 Å². The largest absolute Gasteiger partial charge is 0.271 e. The van der Waals surface area contributed by atoms with Gasteiger partial charge in [0.15, 0.2) is 17.5 Å². The summed E-state index contributed by atoms with van der Waals surface area (Å²) < 4.78 is 40.0. The summed E-state index contributed by atoms with van der Waals surface area (Å²) in [4.78, 5) is 0. The summed E-state index contributed by atoms with van der Waals surface area (Å²) in [5.41, 5.74) is 2.60. The Bertz CT molecular complexity index is 424. The van der Waals surface area contributed by atoms with Gasteiger partial charge in [-0.05, 0) is 18.4 Å². The van der Waals surface area contributed by atoms with Gasteiger partial charge in [-0.3, -0.25) is 11.3 Å². The summed E-state index contributed by atoms with van der Waals surface area (Å²) >= 11 is 0. The maximum absolute atomic E-state index is 13.8. The third-order valence-electron chi connectivity index (χ3n) is 3.75. The lowest BCUT2D eigenvalue weighted by molar-refractivity contribution is 0.344. The zero-order chi connectivity index (χ0) is 15.1. The van der Waals surface area contributed by atoms with Crippen LogP contribution >= 0.6 is 0 Å². The predicted molar refractivity (Wildman–Crippen MR) is 74.3 cm³/mol. The standard InChI is InChI=1S/C15H23F3N2/c1-3-5-6-10(4-2)9-13(20-19)11-7-8-12(16)15(18)14(11)17/h7-8,10,13,20H,3-6,9,19H2,1-2H3. The van der Waals surface area contributed by atoms with Crippen LogP contribution in [-0.4, -0.2) is 0 Å². The zero-order valence-corrected chi connectivity index (χ0v) is 12.1. The molecule has 0 heterocycles. The summed E-state index contributed by atoms with van der Waals surface area (Å²) in [7, 11) is 0. The van der Waals surface area contributed by atoms with Crippen molar-refractivity contribution < 1.29 is 13.2 Å². The van der Waals surface area contributed by atoms with Crippen molar-refractivity contribution in [3.8, 4) is 0 Å². The van der Waals surface area contributed by atoms with Gasteiger partial charge in [0.2, 0.25) is 0 Å². The minimum atomic E-state index is -1.44. The number of nitrogens with two attached hydrogens (primary N) is 1. The van der Waals surface area contributed by atoms with E-state index in [2.05, 4.69) is 19.3 Å². The molecule has 2 atom stereocenters. The molecular formula is C15H23F3N2. The van der Waals surface area contributed by atoms with Crippen LogP contribution in [-0.2, 0) is 0 Å². The molecule has 0 aliphatic rings. The van der Waals surface area contributed by atoms with Crippen LogP contribution in [0.1, 0.15) is 57.6 Å². The molecule has 1 aromatic carbocycles. The quantitative estimate of drug-likeness (QED) is 0.427. The highest BCUT2D eigenvalue weighted by atomic mass is 19.2. The molecule has 0 aromatic heterocycles. The van der Waals surface area contributed by atoms with Crippen molar-refractivity contribution in [3.63, 3.8) is 0 Å². The Morgan fingerprint density at radius 3 is 2.40 bits per heavy atom. The molecule has 0 amide bonds. The molecule has 5 heteroatoms. The molecule has 0 aliphatic carbocycles. The Labute approximate surface area is 118 Å². The van der Waals surface area contributed by atoms with Gasteiger partial charge in [0.05, 0.1) is 0 Å². The molecule has 0 fully saturated rings. The smallest absolute Gasteiger partial charge is 0.194 e. The first kappa shape index (κ1) is 17.0. The lowest BCUT2D eigenvalue weighted by Crippen LogP contribution is -2.30. The van der Waals surface area contributed by atoms with Gasteiger partial charge in [-0.25, -0.2) is 13.2 Å². The van der Waals surface area contributed by atoms with E-state index in [1.165, 1.54) is 6.07 Å². The van der Waals surface area contributed by atoms with Crippen LogP contribution in [0, 0.1) is 23.4 Å². The van der Waals surface area contributed by atoms with E-state index in [1.807, 2.05) is 0 Å². The first-order valence-corrected chi connectivity index (χ1v) is 7.14. The molecule has 2 nitrogen and oxygen atoms in total. The fourth-order valence-corrected chi connectivity index (χ4v) is 2.41. The molecule has 0 aliphatic heterocycles. The number of nitrogens with one attached hydrogen (secondary N) is 1. The van der Waals surface area contributed by atoms with Crippen molar-refractivity contribution >= 4 is 0 Å². The van der Waals surface area contributed by atoms with Crippen molar-refractivity contribution in [1.29, 1.82) is 0 Å². The summed E-state index contributed by atoms with van der Waals surface area (Å²) in [5.74, 6) is 2.06. The van der Waals surface area contributed by atoms with Gasteiger partial charge in [0.1, 0.15) is 0 Å². The van der Waals surface area contributed by atoms with E-state index >= 15 is 0 Å². The number of hydrogen-bond donors (Lipinski definition) is 2. The summed E-state index contributed by atoms with van der Waals surface area (Å²) in [6, 6.07) is 1.68. The number of hydrazine groups is 1. The van der Waals surface area contributed by atoms with Crippen LogP contribution < -0.4 is 11.3 Å². The zero-order valence-electron chi connectivity index (χ0n) is 12.1. The third-order valence-corrected chi connectivity index (χ3v) is 3.75. The molecule has 0 radical (unpaired) electrons. The van der Waals surface area contributed by atoms with Crippen LogP contribution in [0.3, 0.4) is 0 Å². The Morgan fingerprint density at radius 1 is 1.15 bits per heavy atom. The molecule has 0 saturated heterocycles. The molecule has 1 rings (SSSR count). The van der Waals surface area contributed by atoms with Crippen LogP contribution in [0.4, 0.5) is 13.2 Å². The molecular weight excluding hydrogens is 265 g/mol. The van der Waals surface area contributed by atoms with Crippen molar-refractivity contribution in [3.05, 3.63) is 35.1 Å². The fourth-order valence-electron chi connectivity index (χ4n) is 2.41. The highest BCUT2D eigenvalue weighted by Crippen LogP contribution is 2.29. The Hall–Kier alpha value is -1.07. The van der Waals surface area contributed by atoms with Crippen LogP contribution in [0.15, 0.2) is 12.1 Å². The van der Waals surface area contributed by atoms with Crippen molar-refractivity contribution in [2.75, 3.05) is 0 Å². The number of rotatable bonds is 8. The molecule has 0 bridgehead atoms. The van der Waals surface area contributed by atoms with E-state index in [0.29, 0.717) is 12.3 Å². The van der Waals surface area contributed by atoms with Crippen molar-refractivity contribution in [2.45, 2.75) is 52.0 Å². The van der Waals surface area contributed by atoms with Crippen molar-refractivity contribution in [1.82, 2.24) is 5.43 Å². The van der Waals surface area contributed by atoms with Crippen molar-refractivity contribution in [2.24, 2.45) is 11.8 Å². The van der Waals surface area contributed by atoms with E-state index < -0.39 is 23.5 Å². The Balaban J connectivity index is 2.87. The second-order valence-corrected chi connectivity index (χ2v) is 5.14.